The van der Waals surface area contributed by atoms with Gasteiger partial charge in [-0.15, -0.1) is 0 Å². The normalized spacial score (nSPS) is 28.1. The number of amides is 1. The van der Waals surface area contributed by atoms with Crippen LogP contribution in [0.15, 0.2) is 0 Å². The fraction of sp³-hybridized carbons (Fsp3) is 0.846. The quantitative estimate of drug-likeness (QED) is 0.812. The molecule has 0 aromatic carbocycles. The Balaban J connectivity index is 1.93. The number of carbonyl (C=O) groups excluding carboxylic acids is 1. The summed E-state index contributed by atoms with van der Waals surface area (Å²) in [5.41, 5.74) is 0. The molecule has 6 nitrogen and oxygen atoms in total. The molecule has 2 rings (SSSR count). The van der Waals surface area contributed by atoms with Crippen LogP contribution in [0.4, 0.5) is 0 Å². The maximum absolute atomic E-state index is 12.4. The summed E-state index contributed by atoms with van der Waals surface area (Å²) < 4.78 is 10.7. The summed E-state index contributed by atoms with van der Waals surface area (Å²) in [7, 11) is 0. The molecule has 2 aliphatic rings. The Bertz CT molecular complexity index is 327. The van der Waals surface area contributed by atoms with Gasteiger partial charge >= 0.3 is 5.97 Å². The molecule has 6 heteroatoms. The van der Waals surface area contributed by atoms with Crippen molar-refractivity contribution in [3.63, 3.8) is 0 Å². The van der Waals surface area contributed by atoms with Crippen molar-refractivity contribution in [3.05, 3.63) is 0 Å². The third kappa shape index (κ3) is 3.91. The van der Waals surface area contributed by atoms with Crippen LogP contribution in [0.5, 0.6) is 0 Å². The highest BCUT2D eigenvalue weighted by Gasteiger charge is 2.33. The Morgan fingerprint density at radius 1 is 1.26 bits per heavy atom. The van der Waals surface area contributed by atoms with Gasteiger partial charge in [-0.05, 0) is 25.7 Å². The molecule has 2 heterocycles. The summed E-state index contributed by atoms with van der Waals surface area (Å²) in [6.07, 6.45) is 3.02. The zero-order valence-electron chi connectivity index (χ0n) is 11.0. The lowest BCUT2D eigenvalue weighted by molar-refractivity contribution is -0.162. The van der Waals surface area contributed by atoms with E-state index in [0.717, 1.165) is 19.3 Å². The number of carboxylic acids is 1. The first-order chi connectivity index (χ1) is 9.18. The first-order valence-corrected chi connectivity index (χ1v) is 6.90. The predicted octanol–water partition coefficient (Wildman–Crippen LogP) is 0.648. The SMILES string of the molecule is O=C(O)CC[C@@H]1CCCCN1C(=O)[C@H]1COCCO1. The van der Waals surface area contributed by atoms with Crippen molar-refractivity contribution in [2.24, 2.45) is 0 Å². The zero-order chi connectivity index (χ0) is 13.7. The van der Waals surface area contributed by atoms with Gasteiger partial charge in [-0.25, -0.2) is 0 Å². The van der Waals surface area contributed by atoms with Gasteiger partial charge in [-0.3, -0.25) is 9.59 Å². The van der Waals surface area contributed by atoms with Gasteiger partial charge in [0.2, 0.25) is 0 Å². The van der Waals surface area contributed by atoms with E-state index in [1.165, 1.54) is 0 Å². The van der Waals surface area contributed by atoms with Crippen molar-refractivity contribution in [1.82, 2.24) is 4.90 Å². The summed E-state index contributed by atoms with van der Waals surface area (Å²) in [4.78, 5) is 24.9. The van der Waals surface area contributed by atoms with E-state index in [1.807, 2.05) is 0 Å². The molecule has 0 aromatic rings. The van der Waals surface area contributed by atoms with Crippen LogP contribution < -0.4 is 0 Å². The smallest absolute Gasteiger partial charge is 0.303 e. The van der Waals surface area contributed by atoms with Crippen molar-refractivity contribution in [1.29, 1.82) is 0 Å². The molecular weight excluding hydrogens is 250 g/mol. The summed E-state index contributed by atoms with van der Waals surface area (Å²) in [6.45, 7) is 1.99. The first kappa shape index (κ1) is 14.3. The largest absolute Gasteiger partial charge is 0.481 e. The summed E-state index contributed by atoms with van der Waals surface area (Å²) in [6, 6.07) is 0.0304. The highest BCUT2D eigenvalue weighted by molar-refractivity contribution is 5.81. The van der Waals surface area contributed by atoms with Crippen LogP contribution in [0, 0.1) is 0 Å². The van der Waals surface area contributed by atoms with Gasteiger partial charge in [0, 0.05) is 19.0 Å². The zero-order valence-corrected chi connectivity index (χ0v) is 11.0. The summed E-state index contributed by atoms with van der Waals surface area (Å²) in [5.74, 6) is -0.856. The number of rotatable bonds is 4. The topological polar surface area (TPSA) is 76.1 Å². The molecule has 0 spiro atoms. The number of nitrogens with zero attached hydrogens (tertiary/aromatic N) is 1. The van der Waals surface area contributed by atoms with Gasteiger partial charge in [0.15, 0.2) is 6.10 Å². The Hall–Kier alpha value is -1.14. The second-order valence-corrected chi connectivity index (χ2v) is 5.05. The van der Waals surface area contributed by atoms with E-state index in [1.54, 1.807) is 4.90 Å². The summed E-state index contributed by atoms with van der Waals surface area (Å²) in [5, 5.41) is 8.77. The van der Waals surface area contributed by atoms with E-state index >= 15 is 0 Å². The molecule has 1 amide bonds. The Kier molecular flexibility index (Phi) is 5.15. The summed E-state index contributed by atoms with van der Waals surface area (Å²) >= 11 is 0. The van der Waals surface area contributed by atoms with Crippen LogP contribution in [0.1, 0.15) is 32.1 Å². The molecule has 2 saturated heterocycles. The molecule has 2 atom stereocenters. The molecule has 1 N–H and O–H groups in total. The Morgan fingerprint density at radius 2 is 2.11 bits per heavy atom. The molecular formula is C13H21NO5. The molecule has 0 unspecified atom stereocenters. The second-order valence-electron chi connectivity index (χ2n) is 5.05. The number of hydrogen-bond donors (Lipinski definition) is 1. The lowest BCUT2D eigenvalue weighted by Crippen LogP contribution is -2.51. The number of carboxylic acid groups (broad SMARTS) is 1. The number of ether oxygens (including phenoxy) is 2. The number of likely N-dealkylation sites (tertiary alicyclic amines) is 1. The number of piperidine rings is 1. The molecule has 0 radical (unpaired) electrons. The molecule has 19 heavy (non-hydrogen) atoms. The van der Waals surface area contributed by atoms with E-state index < -0.39 is 12.1 Å². The molecule has 0 saturated carbocycles. The second kappa shape index (κ2) is 6.86. The van der Waals surface area contributed by atoms with Crippen LogP contribution >= 0.6 is 0 Å². The fourth-order valence-electron chi connectivity index (χ4n) is 2.70. The third-order valence-electron chi connectivity index (χ3n) is 3.69. The van der Waals surface area contributed by atoms with Gasteiger partial charge in [-0.2, -0.15) is 0 Å². The van der Waals surface area contributed by atoms with Gasteiger partial charge in [0.05, 0.1) is 19.8 Å². The Morgan fingerprint density at radius 3 is 2.79 bits per heavy atom. The van der Waals surface area contributed by atoms with Crippen molar-refractivity contribution < 1.29 is 24.2 Å². The first-order valence-electron chi connectivity index (χ1n) is 6.90. The molecule has 0 bridgehead atoms. The maximum Gasteiger partial charge on any atom is 0.303 e. The van der Waals surface area contributed by atoms with Gasteiger partial charge in [0.25, 0.3) is 5.91 Å². The van der Waals surface area contributed by atoms with Crippen LogP contribution in [0.3, 0.4) is 0 Å². The minimum atomic E-state index is -0.810. The highest BCUT2D eigenvalue weighted by atomic mass is 16.6. The van der Waals surface area contributed by atoms with Crippen LogP contribution in [0.25, 0.3) is 0 Å². The van der Waals surface area contributed by atoms with Crippen molar-refractivity contribution in [3.8, 4) is 0 Å². The van der Waals surface area contributed by atoms with E-state index in [4.69, 9.17) is 14.6 Å². The highest BCUT2D eigenvalue weighted by Crippen LogP contribution is 2.22. The van der Waals surface area contributed by atoms with E-state index in [0.29, 0.717) is 32.8 Å². The lowest BCUT2D eigenvalue weighted by atomic mass is 9.97. The minimum Gasteiger partial charge on any atom is -0.481 e. The molecule has 108 valence electrons. The maximum atomic E-state index is 12.4. The van der Waals surface area contributed by atoms with Gasteiger partial charge < -0.3 is 19.5 Å². The average molecular weight is 271 g/mol. The van der Waals surface area contributed by atoms with Crippen molar-refractivity contribution >= 4 is 11.9 Å². The van der Waals surface area contributed by atoms with Gasteiger partial charge in [0.1, 0.15) is 0 Å². The lowest BCUT2D eigenvalue weighted by Gasteiger charge is -2.38. The van der Waals surface area contributed by atoms with Crippen molar-refractivity contribution in [2.45, 2.75) is 44.2 Å². The van der Waals surface area contributed by atoms with Crippen LogP contribution in [-0.4, -0.2) is 60.4 Å². The van der Waals surface area contributed by atoms with Gasteiger partial charge in [-0.1, -0.05) is 0 Å². The van der Waals surface area contributed by atoms with E-state index in [9.17, 15) is 9.59 Å². The van der Waals surface area contributed by atoms with E-state index in [2.05, 4.69) is 0 Å². The Labute approximate surface area is 112 Å². The predicted molar refractivity (Wildman–Crippen MR) is 66.8 cm³/mol. The fourth-order valence-corrected chi connectivity index (χ4v) is 2.70. The van der Waals surface area contributed by atoms with Crippen LogP contribution in [0.2, 0.25) is 0 Å². The molecule has 0 aromatic heterocycles. The van der Waals surface area contributed by atoms with Crippen molar-refractivity contribution in [2.75, 3.05) is 26.4 Å². The monoisotopic (exact) mass is 271 g/mol. The molecule has 2 aliphatic heterocycles. The minimum absolute atomic E-state index is 0.0304. The number of carbonyl (C=O) groups is 2. The van der Waals surface area contributed by atoms with Crippen LogP contribution in [-0.2, 0) is 19.1 Å². The number of aliphatic carboxylic acids is 1. The molecule has 2 fully saturated rings. The molecule has 0 aliphatic carbocycles. The third-order valence-corrected chi connectivity index (χ3v) is 3.69. The van der Waals surface area contributed by atoms with E-state index in [-0.39, 0.29) is 18.4 Å². The number of hydrogen-bond acceptors (Lipinski definition) is 4. The average Bonchev–Trinajstić information content (AvgIpc) is 2.45. The standard InChI is InChI=1S/C13H21NO5/c15-12(16)5-4-10-3-1-2-6-14(10)13(17)11-9-18-7-8-19-11/h10-11H,1-9H2,(H,15,16)/t10-,11+/m0/s1.